The van der Waals surface area contributed by atoms with E-state index in [0.717, 1.165) is 6.42 Å². The number of fused-ring (bicyclic) bond motifs is 1. The number of Topliss-reactive ketones (excluding diaryl/α,β-unsaturated/α-hetero) is 1. The van der Waals surface area contributed by atoms with Gasteiger partial charge in [0.15, 0.2) is 0 Å². The van der Waals surface area contributed by atoms with E-state index in [0.29, 0.717) is 22.8 Å². The highest BCUT2D eigenvalue weighted by Crippen LogP contribution is 2.35. The zero-order valence-corrected chi connectivity index (χ0v) is 9.04. The van der Waals surface area contributed by atoms with Crippen molar-refractivity contribution in [1.82, 2.24) is 0 Å². The van der Waals surface area contributed by atoms with Crippen LogP contribution in [0.2, 0.25) is 5.02 Å². The van der Waals surface area contributed by atoms with Crippen molar-refractivity contribution in [3.05, 3.63) is 28.8 Å². The predicted octanol–water partition coefficient (Wildman–Crippen LogP) is 2.28. The van der Waals surface area contributed by atoms with Crippen LogP contribution >= 0.6 is 11.6 Å². The fourth-order valence-electron chi connectivity index (χ4n) is 1.75. The Morgan fingerprint density at radius 1 is 1.33 bits per heavy atom. The molecule has 1 aliphatic heterocycles. The average Bonchev–Trinajstić information content (AvgIpc) is 2.46. The van der Waals surface area contributed by atoms with Gasteiger partial charge in [-0.05, 0) is 18.6 Å². The zero-order valence-electron chi connectivity index (χ0n) is 8.29. The maximum Gasteiger partial charge on any atom is 0.299 e. The Morgan fingerprint density at radius 2 is 2.07 bits per heavy atom. The Balaban J connectivity index is 2.56. The van der Waals surface area contributed by atoms with E-state index < -0.39 is 11.7 Å². The monoisotopic (exact) mass is 223 g/mol. The summed E-state index contributed by atoms with van der Waals surface area (Å²) in [4.78, 5) is 24.7. The number of para-hydroxylation sites is 1. The predicted molar refractivity (Wildman–Crippen MR) is 58.4 cm³/mol. The topological polar surface area (TPSA) is 37.4 Å². The number of carbonyl (C=O) groups excluding carboxylic acids is 2. The molecule has 1 amide bonds. The molecule has 0 atom stereocenters. The van der Waals surface area contributed by atoms with Gasteiger partial charge >= 0.3 is 0 Å². The maximum atomic E-state index is 11.6. The van der Waals surface area contributed by atoms with E-state index in [-0.39, 0.29) is 0 Å². The van der Waals surface area contributed by atoms with Gasteiger partial charge < -0.3 is 4.90 Å². The smallest absolute Gasteiger partial charge is 0.299 e. The van der Waals surface area contributed by atoms with Crippen LogP contribution in [0, 0.1) is 0 Å². The van der Waals surface area contributed by atoms with E-state index in [9.17, 15) is 9.59 Å². The minimum absolute atomic E-state index is 0.418. The minimum Gasteiger partial charge on any atom is -0.303 e. The summed E-state index contributed by atoms with van der Waals surface area (Å²) >= 11 is 5.98. The second-order valence-corrected chi connectivity index (χ2v) is 3.83. The molecule has 0 bridgehead atoms. The molecule has 0 aromatic heterocycles. The first-order valence-corrected chi connectivity index (χ1v) is 5.19. The number of ketones is 1. The van der Waals surface area contributed by atoms with Gasteiger partial charge in [-0.15, -0.1) is 0 Å². The fraction of sp³-hybridized carbons (Fsp3) is 0.273. The van der Waals surface area contributed by atoms with E-state index >= 15 is 0 Å². The van der Waals surface area contributed by atoms with Crippen molar-refractivity contribution < 1.29 is 9.59 Å². The summed E-state index contributed by atoms with van der Waals surface area (Å²) in [7, 11) is 0. The highest BCUT2D eigenvalue weighted by molar-refractivity contribution is 6.54. The molecule has 78 valence electrons. The van der Waals surface area contributed by atoms with Gasteiger partial charge in [0.1, 0.15) is 0 Å². The van der Waals surface area contributed by atoms with Crippen LogP contribution in [0.15, 0.2) is 18.2 Å². The van der Waals surface area contributed by atoms with Crippen LogP contribution in [-0.4, -0.2) is 18.2 Å². The molecular formula is C11H10ClNO2. The Morgan fingerprint density at radius 3 is 2.73 bits per heavy atom. The first-order valence-electron chi connectivity index (χ1n) is 4.81. The Bertz CT molecular complexity index is 442. The summed E-state index contributed by atoms with van der Waals surface area (Å²) in [5, 5.41) is 0.458. The van der Waals surface area contributed by atoms with Gasteiger partial charge in [-0.3, -0.25) is 9.59 Å². The second-order valence-electron chi connectivity index (χ2n) is 3.42. The lowest BCUT2D eigenvalue weighted by atomic mass is 10.1. The van der Waals surface area contributed by atoms with Crippen LogP contribution in [0.4, 0.5) is 5.69 Å². The zero-order chi connectivity index (χ0) is 11.0. The van der Waals surface area contributed by atoms with Gasteiger partial charge in [0.25, 0.3) is 11.7 Å². The van der Waals surface area contributed by atoms with Crippen molar-refractivity contribution in [2.45, 2.75) is 13.3 Å². The lowest BCUT2D eigenvalue weighted by Crippen LogP contribution is -2.30. The molecule has 2 rings (SSSR count). The maximum absolute atomic E-state index is 11.6. The lowest BCUT2D eigenvalue weighted by molar-refractivity contribution is -0.114. The first-order chi connectivity index (χ1) is 7.16. The van der Waals surface area contributed by atoms with E-state index in [1.54, 1.807) is 18.2 Å². The molecule has 1 aromatic rings. The summed E-state index contributed by atoms with van der Waals surface area (Å²) in [6.07, 6.45) is 0.795. The Labute approximate surface area is 92.6 Å². The fourth-order valence-corrected chi connectivity index (χ4v) is 2.03. The van der Waals surface area contributed by atoms with Crippen molar-refractivity contribution in [3.63, 3.8) is 0 Å². The normalized spacial score (nSPS) is 14.7. The number of nitrogens with zero attached hydrogens (tertiary/aromatic N) is 1. The number of anilines is 1. The van der Waals surface area contributed by atoms with Gasteiger partial charge in [0.05, 0.1) is 16.3 Å². The van der Waals surface area contributed by atoms with Crippen molar-refractivity contribution in [3.8, 4) is 0 Å². The summed E-state index contributed by atoms with van der Waals surface area (Å²) in [5.41, 5.74) is 0.983. The van der Waals surface area contributed by atoms with Crippen molar-refractivity contribution in [2.75, 3.05) is 11.4 Å². The third-order valence-electron chi connectivity index (χ3n) is 2.39. The van der Waals surface area contributed by atoms with Crippen molar-refractivity contribution >= 4 is 29.0 Å². The Kier molecular flexibility index (Phi) is 2.49. The molecule has 1 aliphatic rings. The first kappa shape index (κ1) is 10.2. The van der Waals surface area contributed by atoms with E-state index in [1.165, 1.54) is 4.90 Å². The molecule has 0 radical (unpaired) electrons. The molecule has 4 heteroatoms. The highest BCUT2D eigenvalue weighted by atomic mass is 35.5. The average molecular weight is 224 g/mol. The van der Waals surface area contributed by atoms with Gasteiger partial charge in [-0.25, -0.2) is 0 Å². The van der Waals surface area contributed by atoms with E-state index in [2.05, 4.69) is 0 Å². The highest BCUT2D eigenvalue weighted by Gasteiger charge is 2.36. The number of rotatable bonds is 2. The quantitative estimate of drug-likeness (QED) is 0.722. The number of amides is 1. The van der Waals surface area contributed by atoms with Gasteiger partial charge in [-0.1, -0.05) is 24.6 Å². The molecular weight excluding hydrogens is 214 g/mol. The van der Waals surface area contributed by atoms with Crippen LogP contribution in [-0.2, 0) is 4.79 Å². The van der Waals surface area contributed by atoms with Crippen LogP contribution in [0.5, 0.6) is 0 Å². The standard InChI is InChI=1S/C11H10ClNO2/c1-2-6-13-9-7(10(14)11(13)15)4-3-5-8(9)12/h3-5H,2,6H2,1H3. The van der Waals surface area contributed by atoms with Gasteiger partial charge in [0, 0.05) is 6.54 Å². The number of hydrogen-bond acceptors (Lipinski definition) is 2. The van der Waals surface area contributed by atoms with Gasteiger partial charge in [0.2, 0.25) is 0 Å². The summed E-state index contributed by atoms with van der Waals surface area (Å²) in [6.45, 7) is 2.48. The lowest BCUT2D eigenvalue weighted by Gasteiger charge is -2.15. The molecule has 15 heavy (non-hydrogen) atoms. The summed E-state index contributed by atoms with van der Waals surface area (Å²) < 4.78 is 0. The molecule has 0 fully saturated rings. The molecule has 1 heterocycles. The third-order valence-corrected chi connectivity index (χ3v) is 2.69. The van der Waals surface area contributed by atoms with Crippen molar-refractivity contribution in [1.29, 1.82) is 0 Å². The summed E-state index contributed by atoms with van der Waals surface area (Å²) in [6, 6.07) is 5.01. The molecule has 0 N–H and O–H groups in total. The van der Waals surface area contributed by atoms with Crippen LogP contribution < -0.4 is 4.90 Å². The number of halogens is 1. The molecule has 1 aromatic carbocycles. The number of benzene rings is 1. The van der Waals surface area contributed by atoms with Crippen LogP contribution in [0.1, 0.15) is 23.7 Å². The van der Waals surface area contributed by atoms with Crippen molar-refractivity contribution in [2.24, 2.45) is 0 Å². The molecule has 3 nitrogen and oxygen atoms in total. The SMILES string of the molecule is CCCN1C(=O)C(=O)c2cccc(Cl)c21. The second kappa shape index (κ2) is 3.66. The molecule has 0 saturated carbocycles. The molecule has 0 aliphatic carbocycles. The van der Waals surface area contributed by atoms with Crippen LogP contribution in [0.25, 0.3) is 0 Å². The summed E-state index contributed by atoms with van der Waals surface area (Å²) in [5.74, 6) is -0.930. The molecule has 0 unspecified atom stereocenters. The Hall–Kier alpha value is -1.35. The third kappa shape index (κ3) is 1.43. The number of hydrogen-bond donors (Lipinski definition) is 0. The van der Waals surface area contributed by atoms with E-state index in [1.807, 2.05) is 6.92 Å². The van der Waals surface area contributed by atoms with Gasteiger partial charge in [-0.2, -0.15) is 0 Å². The molecule has 0 saturated heterocycles. The number of carbonyl (C=O) groups is 2. The van der Waals surface area contributed by atoms with E-state index in [4.69, 9.17) is 11.6 Å². The molecule has 0 spiro atoms. The minimum atomic E-state index is -0.472. The van der Waals surface area contributed by atoms with Crippen LogP contribution in [0.3, 0.4) is 0 Å². The largest absolute Gasteiger partial charge is 0.303 e.